The smallest absolute Gasteiger partial charge is 0.223 e. The zero-order valence-electron chi connectivity index (χ0n) is 19.6. The molecule has 2 aromatic carbocycles. The molecule has 1 aliphatic rings. The Morgan fingerprint density at radius 3 is 2.70 bits per heavy atom. The van der Waals surface area contributed by atoms with Crippen molar-refractivity contribution in [2.45, 2.75) is 33.2 Å². The van der Waals surface area contributed by atoms with Crippen molar-refractivity contribution in [3.63, 3.8) is 0 Å². The Balaban J connectivity index is 1.59. The van der Waals surface area contributed by atoms with Crippen LogP contribution >= 0.6 is 0 Å². The van der Waals surface area contributed by atoms with Crippen LogP contribution in [0.2, 0.25) is 0 Å². The van der Waals surface area contributed by atoms with Crippen molar-refractivity contribution >= 4 is 5.91 Å². The van der Waals surface area contributed by atoms with Crippen molar-refractivity contribution in [1.82, 2.24) is 14.9 Å². The van der Waals surface area contributed by atoms with E-state index in [1.807, 2.05) is 55.1 Å². The summed E-state index contributed by atoms with van der Waals surface area (Å²) in [6.45, 7) is 5.22. The van der Waals surface area contributed by atoms with Crippen LogP contribution in [0, 0.1) is 13.8 Å². The summed E-state index contributed by atoms with van der Waals surface area (Å²) in [5.74, 6) is 2.19. The highest BCUT2D eigenvalue weighted by Gasteiger charge is 2.24. The average molecular weight is 448 g/mol. The van der Waals surface area contributed by atoms with Crippen LogP contribution in [0.1, 0.15) is 28.9 Å². The second kappa shape index (κ2) is 9.90. The molecule has 0 fully saturated rings. The van der Waals surface area contributed by atoms with Gasteiger partial charge in [0.2, 0.25) is 5.91 Å². The lowest BCUT2D eigenvalue weighted by Gasteiger charge is -2.20. The number of fused-ring (bicyclic) bond motifs is 1. The number of aryl methyl sites for hydroxylation is 3. The normalized spacial score (nSPS) is 13.0. The molecule has 0 atom stereocenters. The SMILES string of the molecule is COc1ccccc1CCC(=O)N1CCOc2c(cc(-c3nc(C)cnc3C)cc2OC)C1. The molecule has 33 heavy (non-hydrogen) atoms. The lowest BCUT2D eigenvalue weighted by Crippen LogP contribution is -2.32. The maximum Gasteiger partial charge on any atom is 0.223 e. The number of hydrogen-bond acceptors (Lipinski definition) is 6. The van der Waals surface area contributed by atoms with Crippen molar-refractivity contribution in [1.29, 1.82) is 0 Å². The van der Waals surface area contributed by atoms with Crippen molar-refractivity contribution in [3.8, 4) is 28.5 Å². The van der Waals surface area contributed by atoms with E-state index in [4.69, 9.17) is 14.2 Å². The molecule has 2 heterocycles. The van der Waals surface area contributed by atoms with Crippen LogP contribution in [-0.4, -0.2) is 48.1 Å². The molecule has 1 aliphatic heterocycles. The van der Waals surface area contributed by atoms with Gasteiger partial charge in [-0.15, -0.1) is 0 Å². The van der Waals surface area contributed by atoms with E-state index < -0.39 is 0 Å². The molecule has 0 spiro atoms. The molecule has 1 amide bonds. The maximum absolute atomic E-state index is 13.1. The standard InChI is InChI=1S/C26H29N3O4/c1-17-15-27-18(2)25(28-17)20-13-21-16-29(11-12-33-26(21)23(14-20)32-4)24(30)10-9-19-7-5-6-8-22(19)31-3/h5-8,13-15H,9-12,16H2,1-4H3. The Hall–Kier alpha value is -3.61. The molecule has 0 saturated carbocycles. The molecule has 1 aromatic heterocycles. The fraction of sp³-hybridized carbons (Fsp3) is 0.346. The van der Waals surface area contributed by atoms with Gasteiger partial charge in [0, 0.05) is 30.3 Å². The summed E-state index contributed by atoms with van der Waals surface area (Å²) in [6.07, 6.45) is 2.77. The van der Waals surface area contributed by atoms with Crippen molar-refractivity contribution in [2.75, 3.05) is 27.4 Å². The van der Waals surface area contributed by atoms with Gasteiger partial charge < -0.3 is 19.1 Å². The number of aromatic nitrogens is 2. The number of methoxy groups -OCH3 is 2. The van der Waals surface area contributed by atoms with Crippen LogP contribution in [0.25, 0.3) is 11.3 Å². The molecule has 0 bridgehead atoms. The first kappa shape index (κ1) is 22.6. The minimum absolute atomic E-state index is 0.0771. The van der Waals surface area contributed by atoms with Crippen molar-refractivity contribution in [2.24, 2.45) is 0 Å². The largest absolute Gasteiger partial charge is 0.496 e. The Morgan fingerprint density at radius 1 is 1.12 bits per heavy atom. The third-order valence-corrected chi connectivity index (χ3v) is 5.82. The molecule has 7 heteroatoms. The minimum atomic E-state index is 0.0771. The van der Waals surface area contributed by atoms with E-state index in [9.17, 15) is 4.79 Å². The van der Waals surface area contributed by atoms with E-state index in [2.05, 4.69) is 9.97 Å². The molecular formula is C26H29N3O4. The maximum atomic E-state index is 13.1. The zero-order valence-corrected chi connectivity index (χ0v) is 19.6. The quantitative estimate of drug-likeness (QED) is 0.566. The summed E-state index contributed by atoms with van der Waals surface area (Å²) in [6, 6.07) is 11.8. The number of nitrogens with zero attached hydrogens (tertiary/aromatic N) is 3. The number of carbonyl (C=O) groups is 1. The lowest BCUT2D eigenvalue weighted by atomic mass is 10.0. The molecule has 0 radical (unpaired) electrons. The first-order valence-corrected chi connectivity index (χ1v) is 11.0. The highest BCUT2D eigenvalue weighted by atomic mass is 16.5. The van der Waals surface area contributed by atoms with E-state index >= 15 is 0 Å². The minimum Gasteiger partial charge on any atom is -0.496 e. The van der Waals surface area contributed by atoms with Gasteiger partial charge in [0.15, 0.2) is 11.5 Å². The van der Waals surface area contributed by atoms with E-state index in [0.29, 0.717) is 44.0 Å². The fourth-order valence-electron chi connectivity index (χ4n) is 4.11. The van der Waals surface area contributed by atoms with Gasteiger partial charge in [-0.25, -0.2) is 4.98 Å². The fourth-order valence-corrected chi connectivity index (χ4v) is 4.11. The van der Waals surface area contributed by atoms with Crippen LogP contribution in [-0.2, 0) is 17.8 Å². The van der Waals surface area contributed by atoms with E-state index in [1.54, 1.807) is 20.4 Å². The summed E-state index contributed by atoms with van der Waals surface area (Å²) < 4.78 is 17.1. The van der Waals surface area contributed by atoms with Crippen molar-refractivity contribution < 1.29 is 19.0 Å². The summed E-state index contributed by atoms with van der Waals surface area (Å²) in [5.41, 5.74) is 5.30. The Bertz CT molecular complexity index is 1160. The van der Waals surface area contributed by atoms with Crippen LogP contribution < -0.4 is 14.2 Å². The third kappa shape index (κ3) is 4.92. The van der Waals surface area contributed by atoms with Gasteiger partial charge in [-0.3, -0.25) is 9.78 Å². The van der Waals surface area contributed by atoms with Gasteiger partial charge in [0.05, 0.1) is 37.8 Å². The average Bonchev–Trinajstić information content (AvgIpc) is 3.06. The van der Waals surface area contributed by atoms with E-state index in [1.165, 1.54) is 0 Å². The molecule has 7 nitrogen and oxygen atoms in total. The monoisotopic (exact) mass is 447 g/mol. The van der Waals surface area contributed by atoms with Gasteiger partial charge >= 0.3 is 0 Å². The molecule has 3 aromatic rings. The van der Waals surface area contributed by atoms with Gasteiger partial charge in [-0.05, 0) is 44.0 Å². The van der Waals surface area contributed by atoms with Crippen LogP contribution in [0.4, 0.5) is 0 Å². The van der Waals surface area contributed by atoms with Gasteiger partial charge in [-0.2, -0.15) is 0 Å². The van der Waals surface area contributed by atoms with Crippen LogP contribution in [0.3, 0.4) is 0 Å². The molecule has 0 N–H and O–H groups in total. The Kier molecular flexibility index (Phi) is 6.77. The second-order valence-electron chi connectivity index (χ2n) is 8.09. The highest BCUT2D eigenvalue weighted by Crippen LogP contribution is 2.38. The van der Waals surface area contributed by atoms with Crippen LogP contribution in [0.5, 0.6) is 17.2 Å². The Labute approximate surface area is 194 Å². The van der Waals surface area contributed by atoms with E-state index in [-0.39, 0.29) is 5.91 Å². The summed E-state index contributed by atoms with van der Waals surface area (Å²) >= 11 is 0. The summed E-state index contributed by atoms with van der Waals surface area (Å²) in [5, 5.41) is 0. The molecule has 172 valence electrons. The number of hydrogen-bond donors (Lipinski definition) is 0. The summed E-state index contributed by atoms with van der Waals surface area (Å²) in [7, 11) is 3.27. The van der Waals surface area contributed by atoms with E-state index in [0.717, 1.165) is 39.5 Å². The van der Waals surface area contributed by atoms with Crippen LogP contribution in [0.15, 0.2) is 42.6 Å². The molecule has 0 aliphatic carbocycles. The molecular weight excluding hydrogens is 418 g/mol. The van der Waals surface area contributed by atoms with Gasteiger partial charge in [0.1, 0.15) is 12.4 Å². The van der Waals surface area contributed by atoms with Crippen molar-refractivity contribution in [3.05, 3.63) is 65.1 Å². The number of carbonyl (C=O) groups excluding carboxylic acids is 1. The first-order chi connectivity index (χ1) is 16.0. The predicted octanol–water partition coefficient (Wildman–Crippen LogP) is 4.13. The van der Waals surface area contributed by atoms with Gasteiger partial charge in [-0.1, -0.05) is 18.2 Å². The lowest BCUT2D eigenvalue weighted by molar-refractivity contribution is -0.131. The van der Waals surface area contributed by atoms with Gasteiger partial charge in [0.25, 0.3) is 0 Å². The predicted molar refractivity (Wildman–Crippen MR) is 126 cm³/mol. The number of ether oxygens (including phenoxy) is 3. The number of amides is 1. The number of benzene rings is 2. The molecule has 4 rings (SSSR count). The number of rotatable bonds is 6. The zero-order chi connectivity index (χ0) is 23.4. The number of para-hydroxylation sites is 1. The Morgan fingerprint density at radius 2 is 1.91 bits per heavy atom. The summed E-state index contributed by atoms with van der Waals surface area (Å²) in [4.78, 5) is 24.1. The highest BCUT2D eigenvalue weighted by molar-refractivity contribution is 5.77. The topological polar surface area (TPSA) is 73.8 Å². The molecule has 0 unspecified atom stereocenters. The first-order valence-electron chi connectivity index (χ1n) is 11.0. The second-order valence-corrected chi connectivity index (χ2v) is 8.09. The molecule has 0 saturated heterocycles. The third-order valence-electron chi connectivity index (χ3n) is 5.82.